The highest BCUT2D eigenvalue weighted by Gasteiger charge is 2.47. The van der Waals surface area contributed by atoms with Crippen molar-refractivity contribution in [3.05, 3.63) is 141 Å². The molecule has 1 aromatic heterocycles. The average Bonchev–Trinajstić information content (AvgIpc) is 3.60. The molecular formula is C46H54N3O7P. The molecule has 4 aromatic carbocycles. The number of ether oxygens (including phenoxy) is 4. The van der Waals surface area contributed by atoms with Gasteiger partial charge in [0.05, 0.1) is 51.4 Å². The lowest BCUT2D eigenvalue weighted by Gasteiger charge is -2.40. The molecule has 0 aliphatic carbocycles. The Hall–Kier alpha value is -4.59. The van der Waals surface area contributed by atoms with Gasteiger partial charge in [-0.3, -0.25) is 9.36 Å². The summed E-state index contributed by atoms with van der Waals surface area (Å²) in [7, 11) is 1.72. The van der Waals surface area contributed by atoms with Crippen molar-refractivity contribution in [2.75, 3.05) is 27.4 Å². The molecule has 1 aliphatic heterocycles. The number of methoxy groups -OCH3 is 2. The quantitative estimate of drug-likeness (QED) is 0.0518. The number of hydrogen-bond acceptors (Lipinski definition) is 9. The van der Waals surface area contributed by atoms with Crippen LogP contribution in [0.25, 0.3) is 10.8 Å². The standard InChI is InChI=1S/C46H54N3O7P/c1-31(2)49(32(3)4)57(53-26-12-24-47)54-30-42-41(29-43(55-42)48-25-23-35-28-33(5)27-34(6)44(35)45(48)50)56-46(36-13-10-9-11-14-36,37-15-19-39(51-7)20-16-37)38-17-21-40(52-8)22-18-38/h9-11,13-23,25,27-28,31-32,41-43H,12,26,29-30H2,1-8H3/t41-,42-,43-,57?/m1/s1. The van der Waals surface area contributed by atoms with Crippen molar-refractivity contribution in [2.24, 2.45) is 0 Å². The maximum atomic E-state index is 14.3. The van der Waals surface area contributed by atoms with Crippen LogP contribution in [-0.2, 0) is 24.1 Å². The van der Waals surface area contributed by atoms with Crippen molar-refractivity contribution in [1.82, 2.24) is 9.24 Å². The minimum absolute atomic E-state index is 0.112. The lowest BCUT2D eigenvalue weighted by molar-refractivity contribution is -0.0973. The molecule has 1 unspecified atom stereocenters. The summed E-state index contributed by atoms with van der Waals surface area (Å²) < 4.78 is 42.6. The summed E-state index contributed by atoms with van der Waals surface area (Å²) in [5.41, 5.74) is 3.42. The number of benzene rings is 4. The number of pyridine rings is 1. The molecule has 0 spiro atoms. The molecule has 1 aliphatic rings. The maximum Gasteiger partial charge on any atom is 0.260 e. The second-order valence-electron chi connectivity index (χ2n) is 14.9. The molecule has 1 saturated heterocycles. The van der Waals surface area contributed by atoms with Gasteiger partial charge in [-0.15, -0.1) is 0 Å². The SMILES string of the molecule is COc1ccc(C(O[C@@H]2C[C@H](n3ccc4cc(C)cc(C)c4c3=O)O[C@@H]2COP(OCCC#N)N(C(C)C)C(C)C)(c2ccccc2)c2ccc(OC)cc2)cc1. The molecule has 0 radical (unpaired) electrons. The zero-order valence-corrected chi connectivity index (χ0v) is 35.1. The molecule has 10 nitrogen and oxygen atoms in total. The van der Waals surface area contributed by atoms with E-state index in [1.165, 1.54) is 0 Å². The number of nitrogens with zero attached hydrogens (tertiary/aromatic N) is 3. The molecule has 57 heavy (non-hydrogen) atoms. The van der Waals surface area contributed by atoms with Gasteiger partial charge in [0, 0.05) is 24.7 Å². The highest BCUT2D eigenvalue weighted by molar-refractivity contribution is 7.44. The monoisotopic (exact) mass is 791 g/mol. The van der Waals surface area contributed by atoms with Crippen molar-refractivity contribution in [3.63, 3.8) is 0 Å². The molecule has 1 fully saturated rings. The average molecular weight is 792 g/mol. The largest absolute Gasteiger partial charge is 0.497 e. The number of nitriles is 1. The fraction of sp³-hybridized carbons (Fsp3) is 0.391. The number of aromatic nitrogens is 1. The summed E-state index contributed by atoms with van der Waals surface area (Å²) in [6.07, 6.45) is 0.566. The van der Waals surface area contributed by atoms with Gasteiger partial charge < -0.3 is 28.0 Å². The zero-order valence-electron chi connectivity index (χ0n) is 34.2. The molecule has 2 heterocycles. The van der Waals surface area contributed by atoms with Crippen LogP contribution in [0.5, 0.6) is 11.5 Å². The third-order valence-corrected chi connectivity index (χ3v) is 12.5. The van der Waals surface area contributed by atoms with Crippen molar-refractivity contribution < 1.29 is 28.0 Å². The fourth-order valence-corrected chi connectivity index (χ4v) is 9.48. The first kappa shape index (κ1) is 42.0. The molecule has 0 bridgehead atoms. The van der Waals surface area contributed by atoms with E-state index in [1.54, 1.807) is 18.8 Å². The van der Waals surface area contributed by atoms with Crippen molar-refractivity contribution in [2.45, 2.75) is 90.5 Å². The van der Waals surface area contributed by atoms with Crippen LogP contribution >= 0.6 is 8.53 Å². The highest BCUT2D eigenvalue weighted by atomic mass is 31.2. The third-order valence-electron chi connectivity index (χ3n) is 10.4. The van der Waals surface area contributed by atoms with E-state index in [1.807, 2.05) is 105 Å². The van der Waals surface area contributed by atoms with Crippen molar-refractivity contribution >= 4 is 19.3 Å². The van der Waals surface area contributed by atoms with Gasteiger partial charge in [0.2, 0.25) is 0 Å². The summed E-state index contributed by atoms with van der Waals surface area (Å²) in [6, 6.07) is 34.4. The fourth-order valence-electron chi connectivity index (χ4n) is 7.86. The van der Waals surface area contributed by atoms with E-state index >= 15 is 0 Å². The Labute approximate surface area is 337 Å². The van der Waals surface area contributed by atoms with E-state index in [9.17, 15) is 10.1 Å². The molecule has 6 rings (SSSR count). The predicted octanol–water partition coefficient (Wildman–Crippen LogP) is 9.59. The Morgan fingerprint density at radius 2 is 1.46 bits per heavy atom. The summed E-state index contributed by atoms with van der Waals surface area (Å²) in [5, 5.41) is 10.9. The van der Waals surface area contributed by atoms with Crippen LogP contribution in [0.2, 0.25) is 0 Å². The van der Waals surface area contributed by atoms with Gasteiger partial charge in [0.25, 0.3) is 14.1 Å². The predicted molar refractivity (Wildman–Crippen MR) is 225 cm³/mol. The van der Waals surface area contributed by atoms with Gasteiger partial charge in [-0.05, 0) is 99.5 Å². The van der Waals surface area contributed by atoms with E-state index in [0.717, 1.165) is 44.7 Å². The Morgan fingerprint density at radius 3 is 2.02 bits per heavy atom. The lowest BCUT2D eigenvalue weighted by Crippen LogP contribution is -2.41. The van der Waals surface area contributed by atoms with Gasteiger partial charge in [0.1, 0.15) is 29.4 Å². The molecular weight excluding hydrogens is 737 g/mol. The van der Waals surface area contributed by atoms with Crippen LogP contribution in [0, 0.1) is 25.2 Å². The first-order valence-corrected chi connectivity index (χ1v) is 20.6. The molecule has 0 amide bonds. The minimum atomic E-state index is -1.58. The molecule has 11 heteroatoms. The summed E-state index contributed by atoms with van der Waals surface area (Å²) in [6.45, 7) is 12.8. The Balaban J connectivity index is 1.48. The van der Waals surface area contributed by atoms with Crippen LogP contribution in [0.1, 0.15) is 74.6 Å². The lowest BCUT2D eigenvalue weighted by atomic mass is 9.79. The van der Waals surface area contributed by atoms with Crippen LogP contribution in [0.3, 0.4) is 0 Å². The first-order chi connectivity index (χ1) is 27.5. The smallest absolute Gasteiger partial charge is 0.260 e. The number of rotatable bonds is 17. The van der Waals surface area contributed by atoms with Gasteiger partial charge in [0.15, 0.2) is 0 Å². The zero-order chi connectivity index (χ0) is 40.7. The topological polar surface area (TPSA) is 104 Å². The summed E-state index contributed by atoms with van der Waals surface area (Å²) >= 11 is 0. The van der Waals surface area contributed by atoms with Crippen LogP contribution in [-0.4, -0.2) is 61.0 Å². The van der Waals surface area contributed by atoms with Crippen LogP contribution in [0.15, 0.2) is 108 Å². The highest BCUT2D eigenvalue weighted by Crippen LogP contribution is 2.49. The second-order valence-corrected chi connectivity index (χ2v) is 16.4. The Kier molecular flexibility index (Phi) is 13.8. The molecule has 5 aromatic rings. The van der Waals surface area contributed by atoms with E-state index in [-0.39, 0.29) is 37.3 Å². The van der Waals surface area contributed by atoms with E-state index in [4.69, 9.17) is 28.0 Å². The van der Waals surface area contributed by atoms with Crippen molar-refractivity contribution in [1.29, 1.82) is 5.26 Å². The first-order valence-electron chi connectivity index (χ1n) is 19.5. The second kappa shape index (κ2) is 18.8. The minimum Gasteiger partial charge on any atom is -0.497 e. The molecule has 4 atom stereocenters. The third kappa shape index (κ3) is 9.10. The number of hydrogen-bond donors (Lipinski definition) is 0. The van der Waals surface area contributed by atoms with Gasteiger partial charge in [-0.2, -0.15) is 5.26 Å². The van der Waals surface area contributed by atoms with Crippen LogP contribution in [0.4, 0.5) is 0 Å². The van der Waals surface area contributed by atoms with Gasteiger partial charge in [-0.1, -0.05) is 72.3 Å². The molecule has 300 valence electrons. The number of aryl methyl sites for hydroxylation is 2. The Morgan fingerprint density at radius 1 is 0.860 bits per heavy atom. The van der Waals surface area contributed by atoms with Crippen molar-refractivity contribution in [3.8, 4) is 17.6 Å². The Bertz CT molecular complexity index is 2130. The van der Waals surface area contributed by atoms with E-state index in [0.29, 0.717) is 11.8 Å². The molecule has 0 saturated carbocycles. The summed E-state index contributed by atoms with van der Waals surface area (Å²) in [4.78, 5) is 14.3. The van der Waals surface area contributed by atoms with Gasteiger partial charge in [-0.25, -0.2) is 4.67 Å². The number of fused-ring (bicyclic) bond motifs is 1. The van der Waals surface area contributed by atoms with Gasteiger partial charge >= 0.3 is 0 Å². The van der Waals surface area contributed by atoms with E-state index < -0.39 is 32.6 Å². The normalized spacial score (nSPS) is 17.7. The van der Waals surface area contributed by atoms with E-state index in [2.05, 4.69) is 50.6 Å². The maximum absolute atomic E-state index is 14.3. The van der Waals surface area contributed by atoms with Crippen LogP contribution < -0.4 is 15.0 Å². The molecule has 0 N–H and O–H groups in total. The summed E-state index contributed by atoms with van der Waals surface area (Å²) in [5.74, 6) is 1.44.